The fourth-order valence-electron chi connectivity index (χ4n) is 1.95. The third-order valence-corrected chi connectivity index (χ3v) is 3.00. The van der Waals surface area contributed by atoms with E-state index in [4.69, 9.17) is 0 Å². The largest absolute Gasteiger partial charge is 0.320 e. The summed E-state index contributed by atoms with van der Waals surface area (Å²) in [6.45, 7) is 1.98. The van der Waals surface area contributed by atoms with E-state index in [1.165, 1.54) is 5.56 Å². The molecule has 4 heteroatoms. The molecule has 0 saturated carbocycles. The van der Waals surface area contributed by atoms with Gasteiger partial charge in [0.15, 0.2) is 0 Å². The highest BCUT2D eigenvalue weighted by Gasteiger charge is 2.02. The minimum absolute atomic E-state index is 0.108. The lowest BCUT2D eigenvalue weighted by molar-refractivity contribution is -0.112. The summed E-state index contributed by atoms with van der Waals surface area (Å²) in [7, 11) is 1.82. The molecule has 104 valence electrons. The molecule has 1 heterocycles. The predicted molar refractivity (Wildman–Crippen MR) is 80.4 cm³/mol. The van der Waals surface area contributed by atoms with Crippen molar-refractivity contribution in [1.29, 1.82) is 0 Å². The van der Waals surface area contributed by atoms with E-state index in [1.807, 2.05) is 32.2 Å². The molecule has 0 aliphatic rings. The summed E-state index contributed by atoms with van der Waals surface area (Å²) in [5, 5.41) is 6.80. The van der Waals surface area contributed by atoms with E-state index in [1.54, 1.807) is 23.2 Å². The number of benzene rings is 1. The van der Waals surface area contributed by atoms with Gasteiger partial charge in [-0.25, -0.2) is 0 Å². The van der Waals surface area contributed by atoms with Gasteiger partial charge in [-0.05, 0) is 25.3 Å². The Kier molecular flexibility index (Phi) is 4.71. The van der Waals surface area contributed by atoms with Crippen molar-refractivity contribution in [3.8, 4) is 0 Å². The summed E-state index contributed by atoms with van der Waals surface area (Å²) in [5.74, 6) is -0.108. The van der Waals surface area contributed by atoms with Crippen molar-refractivity contribution < 1.29 is 4.79 Å². The SMILES string of the molecule is CC(=CC(=O)Nc1cnn(C)c1)CCc1ccccc1. The van der Waals surface area contributed by atoms with Gasteiger partial charge < -0.3 is 5.32 Å². The van der Waals surface area contributed by atoms with Crippen molar-refractivity contribution in [2.75, 3.05) is 5.32 Å². The number of anilines is 1. The van der Waals surface area contributed by atoms with Crippen LogP contribution in [-0.2, 0) is 18.3 Å². The second-order valence-electron chi connectivity index (χ2n) is 4.87. The van der Waals surface area contributed by atoms with E-state index >= 15 is 0 Å². The molecule has 4 nitrogen and oxygen atoms in total. The zero-order valence-corrected chi connectivity index (χ0v) is 11.8. The molecule has 0 fully saturated rings. The Morgan fingerprint density at radius 1 is 1.35 bits per heavy atom. The van der Waals surface area contributed by atoms with Crippen LogP contribution in [0.5, 0.6) is 0 Å². The smallest absolute Gasteiger partial charge is 0.248 e. The van der Waals surface area contributed by atoms with Gasteiger partial charge in [0.1, 0.15) is 0 Å². The van der Waals surface area contributed by atoms with Crippen LogP contribution < -0.4 is 5.32 Å². The first kappa shape index (κ1) is 14.1. The van der Waals surface area contributed by atoms with Crippen LogP contribution in [0.15, 0.2) is 54.4 Å². The van der Waals surface area contributed by atoms with Crippen molar-refractivity contribution in [3.63, 3.8) is 0 Å². The van der Waals surface area contributed by atoms with Gasteiger partial charge in [0, 0.05) is 19.3 Å². The molecule has 0 spiro atoms. The normalized spacial score (nSPS) is 11.4. The minimum Gasteiger partial charge on any atom is -0.320 e. The number of allylic oxidation sites excluding steroid dienone is 1. The van der Waals surface area contributed by atoms with Crippen molar-refractivity contribution in [2.45, 2.75) is 19.8 Å². The molecule has 0 saturated heterocycles. The molecule has 2 rings (SSSR count). The number of hydrogen-bond acceptors (Lipinski definition) is 2. The van der Waals surface area contributed by atoms with E-state index in [2.05, 4.69) is 22.5 Å². The third-order valence-electron chi connectivity index (χ3n) is 3.00. The van der Waals surface area contributed by atoms with Crippen molar-refractivity contribution in [2.24, 2.45) is 7.05 Å². The summed E-state index contributed by atoms with van der Waals surface area (Å²) in [6.07, 6.45) is 6.87. The predicted octanol–water partition coefficient (Wildman–Crippen LogP) is 2.94. The van der Waals surface area contributed by atoms with E-state index in [0.717, 1.165) is 18.4 Å². The first-order valence-electron chi connectivity index (χ1n) is 6.64. The lowest BCUT2D eigenvalue weighted by atomic mass is 10.1. The summed E-state index contributed by atoms with van der Waals surface area (Å²) in [5.41, 5.74) is 3.06. The van der Waals surface area contributed by atoms with Crippen molar-refractivity contribution in [1.82, 2.24) is 9.78 Å². The molecule has 0 aliphatic heterocycles. The highest BCUT2D eigenvalue weighted by atomic mass is 16.1. The van der Waals surface area contributed by atoms with Crippen LogP contribution in [0, 0.1) is 0 Å². The molecule has 0 unspecified atom stereocenters. The van der Waals surface area contributed by atoms with Gasteiger partial charge in [-0.2, -0.15) is 5.10 Å². The summed E-state index contributed by atoms with van der Waals surface area (Å²) < 4.78 is 1.65. The fourth-order valence-corrected chi connectivity index (χ4v) is 1.95. The quantitative estimate of drug-likeness (QED) is 0.848. The molecular weight excluding hydrogens is 250 g/mol. The van der Waals surface area contributed by atoms with E-state index in [0.29, 0.717) is 5.69 Å². The number of amides is 1. The van der Waals surface area contributed by atoms with Crippen LogP contribution >= 0.6 is 0 Å². The van der Waals surface area contributed by atoms with Crippen molar-refractivity contribution >= 4 is 11.6 Å². The summed E-state index contributed by atoms with van der Waals surface area (Å²) in [4.78, 5) is 11.8. The average Bonchev–Trinajstić information content (AvgIpc) is 2.83. The van der Waals surface area contributed by atoms with Gasteiger partial charge in [-0.15, -0.1) is 0 Å². The lowest BCUT2D eigenvalue weighted by Gasteiger charge is -2.03. The zero-order valence-electron chi connectivity index (χ0n) is 11.8. The monoisotopic (exact) mass is 269 g/mol. The minimum atomic E-state index is -0.108. The molecule has 1 aromatic heterocycles. The van der Waals surface area contributed by atoms with Gasteiger partial charge in [-0.3, -0.25) is 9.48 Å². The molecule has 1 amide bonds. The number of carbonyl (C=O) groups is 1. The Morgan fingerprint density at radius 3 is 2.75 bits per heavy atom. The van der Waals surface area contributed by atoms with Gasteiger partial charge in [-0.1, -0.05) is 35.9 Å². The maximum Gasteiger partial charge on any atom is 0.248 e. The highest BCUT2D eigenvalue weighted by molar-refractivity contribution is 5.99. The number of aryl methyl sites for hydroxylation is 2. The zero-order chi connectivity index (χ0) is 14.4. The topological polar surface area (TPSA) is 46.9 Å². The molecule has 2 aromatic rings. The molecule has 0 atom stereocenters. The first-order chi connectivity index (χ1) is 9.63. The number of hydrogen-bond donors (Lipinski definition) is 1. The second kappa shape index (κ2) is 6.70. The Bertz CT molecular complexity index is 599. The highest BCUT2D eigenvalue weighted by Crippen LogP contribution is 2.09. The molecular formula is C16H19N3O. The fraction of sp³-hybridized carbons (Fsp3) is 0.250. The van der Waals surface area contributed by atoms with E-state index in [-0.39, 0.29) is 5.91 Å². The number of rotatable bonds is 5. The van der Waals surface area contributed by atoms with Crippen LogP contribution in [-0.4, -0.2) is 15.7 Å². The number of nitrogens with zero attached hydrogens (tertiary/aromatic N) is 2. The first-order valence-corrected chi connectivity index (χ1v) is 6.64. The standard InChI is InChI=1S/C16H19N3O/c1-13(8-9-14-6-4-3-5-7-14)10-16(20)18-15-11-17-19(2)12-15/h3-7,10-12H,8-9H2,1-2H3,(H,18,20). The van der Waals surface area contributed by atoms with Crippen LogP contribution in [0.3, 0.4) is 0 Å². The third kappa shape index (κ3) is 4.39. The van der Waals surface area contributed by atoms with E-state index < -0.39 is 0 Å². The molecule has 0 radical (unpaired) electrons. The van der Waals surface area contributed by atoms with Gasteiger partial charge in [0.05, 0.1) is 11.9 Å². The summed E-state index contributed by atoms with van der Waals surface area (Å²) >= 11 is 0. The lowest BCUT2D eigenvalue weighted by Crippen LogP contribution is -2.08. The molecule has 1 aromatic carbocycles. The number of carbonyl (C=O) groups excluding carboxylic acids is 1. The Morgan fingerprint density at radius 2 is 2.10 bits per heavy atom. The second-order valence-corrected chi connectivity index (χ2v) is 4.87. The Hall–Kier alpha value is -2.36. The van der Waals surface area contributed by atoms with Crippen LogP contribution in [0.25, 0.3) is 0 Å². The van der Waals surface area contributed by atoms with Gasteiger partial charge in [0.2, 0.25) is 5.91 Å². The van der Waals surface area contributed by atoms with Gasteiger partial charge >= 0.3 is 0 Å². The van der Waals surface area contributed by atoms with Crippen LogP contribution in [0.1, 0.15) is 18.9 Å². The van der Waals surface area contributed by atoms with Crippen LogP contribution in [0.4, 0.5) is 5.69 Å². The number of nitrogens with one attached hydrogen (secondary N) is 1. The molecule has 20 heavy (non-hydrogen) atoms. The Balaban J connectivity index is 1.85. The van der Waals surface area contributed by atoms with Crippen molar-refractivity contribution in [3.05, 3.63) is 59.9 Å². The molecule has 0 bridgehead atoms. The number of aromatic nitrogens is 2. The maximum absolute atomic E-state index is 11.8. The van der Waals surface area contributed by atoms with E-state index in [9.17, 15) is 4.79 Å². The maximum atomic E-state index is 11.8. The van der Waals surface area contributed by atoms with Gasteiger partial charge in [0.25, 0.3) is 0 Å². The molecule has 0 aliphatic carbocycles. The van der Waals surface area contributed by atoms with Crippen LogP contribution in [0.2, 0.25) is 0 Å². The Labute approximate surface area is 119 Å². The average molecular weight is 269 g/mol. The molecule has 1 N–H and O–H groups in total. The summed E-state index contributed by atoms with van der Waals surface area (Å²) in [6, 6.07) is 10.3.